The normalized spacial score (nSPS) is 13.8. The average molecular weight is 402 g/mol. The molecular formula is C20H27N5O2S. The molecule has 3 rings (SSSR count). The number of benzene rings is 1. The summed E-state index contributed by atoms with van der Waals surface area (Å²) in [5, 5.41) is 8.24. The second kappa shape index (κ2) is 9.66. The number of carbonyl (C=O) groups excluding carboxylic acids is 2. The van der Waals surface area contributed by atoms with Crippen molar-refractivity contribution in [2.24, 2.45) is 0 Å². The van der Waals surface area contributed by atoms with E-state index in [4.69, 9.17) is 0 Å². The van der Waals surface area contributed by atoms with E-state index in [0.29, 0.717) is 30.5 Å². The fourth-order valence-corrected chi connectivity index (χ4v) is 4.00. The number of urea groups is 1. The number of nitrogens with one attached hydrogen (secondary N) is 2. The molecule has 1 aromatic carbocycles. The van der Waals surface area contributed by atoms with E-state index >= 15 is 0 Å². The Morgan fingerprint density at radius 3 is 2.71 bits per heavy atom. The summed E-state index contributed by atoms with van der Waals surface area (Å²) in [6, 6.07) is 8.09. The molecular weight excluding hydrogens is 374 g/mol. The number of amides is 3. The molecule has 1 fully saturated rings. The van der Waals surface area contributed by atoms with Crippen LogP contribution in [0.15, 0.2) is 29.6 Å². The lowest BCUT2D eigenvalue weighted by Crippen LogP contribution is -2.28. The number of hydrogen-bond donors (Lipinski definition) is 2. The van der Waals surface area contributed by atoms with Crippen LogP contribution >= 0.6 is 11.3 Å². The maximum Gasteiger partial charge on any atom is 0.323 e. The van der Waals surface area contributed by atoms with E-state index in [-0.39, 0.29) is 18.4 Å². The Hall–Kier alpha value is -2.45. The molecule has 0 spiro atoms. The molecule has 1 saturated heterocycles. The number of nitrogens with zero attached hydrogens (tertiary/aromatic N) is 3. The van der Waals surface area contributed by atoms with E-state index in [1.165, 1.54) is 16.9 Å². The molecule has 1 aliphatic rings. The van der Waals surface area contributed by atoms with Crippen molar-refractivity contribution >= 4 is 28.4 Å². The molecule has 0 unspecified atom stereocenters. The van der Waals surface area contributed by atoms with Gasteiger partial charge in [-0.2, -0.15) is 0 Å². The zero-order valence-electron chi connectivity index (χ0n) is 16.4. The number of thiazole rings is 1. The fourth-order valence-electron chi connectivity index (χ4n) is 3.15. The summed E-state index contributed by atoms with van der Waals surface area (Å²) >= 11 is 1.39. The minimum atomic E-state index is -0.129. The van der Waals surface area contributed by atoms with Crippen molar-refractivity contribution in [3.63, 3.8) is 0 Å². The van der Waals surface area contributed by atoms with Gasteiger partial charge in [-0.15, -0.1) is 11.3 Å². The molecule has 0 bridgehead atoms. The summed E-state index contributed by atoms with van der Waals surface area (Å²) in [6.45, 7) is 8.93. The van der Waals surface area contributed by atoms with Crippen LogP contribution in [0.2, 0.25) is 0 Å². The molecule has 8 heteroatoms. The Labute approximate surface area is 169 Å². The predicted octanol–water partition coefficient (Wildman–Crippen LogP) is 2.37. The van der Waals surface area contributed by atoms with Gasteiger partial charge in [-0.3, -0.25) is 14.6 Å². The summed E-state index contributed by atoms with van der Waals surface area (Å²) in [6.07, 6.45) is 0.212. The third kappa shape index (κ3) is 5.08. The zero-order valence-corrected chi connectivity index (χ0v) is 17.2. The van der Waals surface area contributed by atoms with Gasteiger partial charge in [0.15, 0.2) is 5.13 Å². The largest absolute Gasteiger partial charge is 0.352 e. The number of rotatable bonds is 9. The van der Waals surface area contributed by atoms with Crippen molar-refractivity contribution in [2.75, 3.05) is 31.1 Å². The molecule has 28 heavy (non-hydrogen) atoms. The van der Waals surface area contributed by atoms with Gasteiger partial charge >= 0.3 is 6.03 Å². The quantitative estimate of drug-likeness (QED) is 0.676. The molecule has 2 heterocycles. The van der Waals surface area contributed by atoms with Crippen LogP contribution in [0.5, 0.6) is 0 Å². The first-order valence-corrected chi connectivity index (χ1v) is 10.5. The molecule has 7 nitrogen and oxygen atoms in total. The molecule has 150 valence electrons. The van der Waals surface area contributed by atoms with Gasteiger partial charge in [-0.25, -0.2) is 9.78 Å². The highest BCUT2D eigenvalue weighted by Gasteiger charge is 2.24. The van der Waals surface area contributed by atoms with Crippen LogP contribution in [-0.2, 0) is 24.3 Å². The van der Waals surface area contributed by atoms with Gasteiger partial charge in [0.25, 0.3) is 0 Å². The summed E-state index contributed by atoms with van der Waals surface area (Å²) < 4.78 is 0. The second-order valence-corrected chi connectivity index (χ2v) is 7.53. The lowest BCUT2D eigenvalue weighted by atomic mass is 10.1. The molecule has 0 saturated carbocycles. The smallest absolute Gasteiger partial charge is 0.323 e. The number of carbonyl (C=O) groups is 2. The maximum absolute atomic E-state index is 12.4. The molecule has 1 aliphatic heterocycles. The Bertz CT molecular complexity index is 818. The van der Waals surface area contributed by atoms with Crippen molar-refractivity contribution in [3.8, 4) is 0 Å². The summed E-state index contributed by atoms with van der Waals surface area (Å²) in [4.78, 5) is 32.5. The van der Waals surface area contributed by atoms with E-state index in [2.05, 4.69) is 46.5 Å². The highest BCUT2D eigenvalue weighted by molar-refractivity contribution is 7.14. The summed E-state index contributed by atoms with van der Waals surface area (Å²) in [5.74, 6) is -0.0691. The standard InChI is InChI=1S/C20H27N5O2S/c1-3-24(4-2)13-16-8-6-5-7-15(16)12-22-18(26)11-17-14-28-20(23-17)25-10-9-21-19(25)27/h5-8,14H,3-4,9-13H2,1-2H3,(H,21,27)(H,22,26). The minimum absolute atomic E-state index is 0.0691. The molecule has 2 N–H and O–H groups in total. The van der Waals surface area contributed by atoms with Gasteiger partial charge in [-0.1, -0.05) is 38.1 Å². The van der Waals surface area contributed by atoms with E-state index < -0.39 is 0 Å². The van der Waals surface area contributed by atoms with Crippen LogP contribution in [0.25, 0.3) is 0 Å². The van der Waals surface area contributed by atoms with E-state index in [9.17, 15) is 9.59 Å². The minimum Gasteiger partial charge on any atom is -0.352 e. The topological polar surface area (TPSA) is 77.6 Å². The van der Waals surface area contributed by atoms with Crippen molar-refractivity contribution < 1.29 is 9.59 Å². The molecule has 0 atom stereocenters. The highest BCUT2D eigenvalue weighted by Crippen LogP contribution is 2.22. The van der Waals surface area contributed by atoms with Gasteiger partial charge < -0.3 is 10.6 Å². The number of aromatic nitrogens is 1. The van der Waals surface area contributed by atoms with Crippen molar-refractivity contribution in [2.45, 2.75) is 33.4 Å². The van der Waals surface area contributed by atoms with E-state index in [1.807, 2.05) is 17.5 Å². The zero-order chi connectivity index (χ0) is 19.9. The maximum atomic E-state index is 12.4. The van der Waals surface area contributed by atoms with Crippen LogP contribution in [0.3, 0.4) is 0 Å². The molecule has 3 amide bonds. The van der Waals surface area contributed by atoms with Gasteiger partial charge in [0.05, 0.1) is 12.1 Å². The first-order chi connectivity index (χ1) is 13.6. The van der Waals surface area contributed by atoms with Gasteiger partial charge in [0.2, 0.25) is 5.91 Å². The lowest BCUT2D eigenvalue weighted by molar-refractivity contribution is -0.120. The van der Waals surface area contributed by atoms with E-state index in [1.54, 1.807) is 4.90 Å². The summed E-state index contributed by atoms with van der Waals surface area (Å²) in [5.41, 5.74) is 3.06. The second-order valence-electron chi connectivity index (χ2n) is 6.69. The van der Waals surface area contributed by atoms with Crippen LogP contribution in [0, 0.1) is 0 Å². The Morgan fingerprint density at radius 1 is 1.29 bits per heavy atom. The molecule has 2 aromatic rings. The average Bonchev–Trinajstić information content (AvgIpc) is 3.33. The Balaban J connectivity index is 1.55. The lowest BCUT2D eigenvalue weighted by Gasteiger charge is -2.20. The molecule has 1 aromatic heterocycles. The third-order valence-electron chi connectivity index (χ3n) is 4.85. The predicted molar refractivity (Wildman–Crippen MR) is 111 cm³/mol. The fraction of sp³-hybridized carbons (Fsp3) is 0.450. The van der Waals surface area contributed by atoms with E-state index in [0.717, 1.165) is 25.2 Å². The SMILES string of the molecule is CCN(CC)Cc1ccccc1CNC(=O)Cc1csc(N2CCNC2=O)n1. The Kier molecular flexibility index (Phi) is 7.00. The highest BCUT2D eigenvalue weighted by atomic mass is 32.1. The third-order valence-corrected chi connectivity index (χ3v) is 5.76. The van der Waals surface area contributed by atoms with Gasteiger partial charge in [0.1, 0.15) is 0 Å². The van der Waals surface area contributed by atoms with Crippen LogP contribution in [0.1, 0.15) is 30.7 Å². The molecule has 0 aliphatic carbocycles. The number of hydrogen-bond acceptors (Lipinski definition) is 5. The van der Waals surface area contributed by atoms with Crippen molar-refractivity contribution in [1.29, 1.82) is 0 Å². The molecule has 0 radical (unpaired) electrons. The van der Waals surface area contributed by atoms with Crippen LogP contribution in [0.4, 0.5) is 9.93 Å². The summed E-state index contributed by atoms with van der Waals surface area (Å²) in [7, 11) is 0. The van der Waals surface area contributed by atoms with Crippen molar-refractivity contribution in [3.05, 3.63) is 46.5 Å². The first-order valence-electron chi connectivity index (χ1n) is 9.66. The first kappa shape index (κ1) is 20.3. The van der Waals surface area contributed by atoms with Gasteiger partial charge in [-0.05, 0) is 24.2 Å². The van der Waals surface area contributed by atoms with Crippen LogP contribution < -0.4 is 15.5 Å². The van der Waals surface area contributed by atoms with Crippen molar-refractivity contribution in [1.82, 2.24) is 20.5 Å². The van der Waals surface area contributed by atoms with Crippen LogP contribution in [-0.4, -0.2) is 48.0 Å². The monoisotopic (exact) mass is 401 g/mol. The Morgan fingerprint density at radius 2 is 2.04 bits per heavy atom. The van der Waals surface area contributed by atoms with Gasteiger partial charge in [0, 0.05) is 31.6 Å². The number of anilines is 1.